The first-order valence-corrected chi connectivity index (χ1v) is 11.4. The van der Waals surface area contributed by atoms with E-state index >= 15 is 0 Å². The number of hydrogen-bond acceptors (Lipinski definition) is 3. The van der Waals surface area contributed by atoms with E-state index in [1.54, 1.807) is 0 Å². The van der Waals surface area contributed by atoms with Gasteiger partial charge in [0.05, 0.1) is 12.2 Å². The summed E-state index contributed by atoms with van der Waals surface area (Å²) in [5.41, 5.74) is 5.94. The van der Waals surface area contributed by atoms with Crippen molar-refractivity contribution >= 4 is 25.6 Å². The number of aromatic nitrogens is 1. The first kappa shape index (κ1) is 19.2. The second-order valence-corrected chi connectivity index (χ2v) is 8.24. The lowest BCUT2D eigenvalue weighted by Crippen LogP contribution is -2.21. The first-order valence-electron chi connectivity index (χ1n) is 10.00. The zero-order valence-electron chi connectivity index (χ0n) is 16.5. The Hall–Kier alpha value is -2.16. The van der Waals surface area contributed by atoms with E-state index in [9.17, 15) is 4.79 Å². The summed E-state index contributed by atoms with van der Waals surface area (Å²) in [7, 11) is 0.757. The first-order chi connectivity index (χ1) is 13.7. The molecule has 3 aromatic rings. The standard InChI is InChI=1S/C23H27N2O2P/c1-3-27-23(26)17-8-10-20-16(14-17)9-11-22(20)25(28-2)13-12-18-15-24-21-7-5-4-6-19(18)21/h4-8,10,14-15,22,24,28H,3,9,11-13H2,1-2H3. The van der Waals surface area contributed by atoms with Gasteiger partial charge in [0.25, 0.3) is 0 Å². The molecule has 4 rings (SSSR count). The Morgan fingerprint density at radius 3 is 2.96 bits per heavy atom. The second-order valence-electron chi connectivity index (χ2n) is 7.22. The van der Waals surface area contributed by atoms with Gasteiger partial charge in [-0.05, 0) is 67.7 Å². The maximum absolute atomic E-state index is 12.0. The number of H-pyrrole nitrogens is 1. The van der Waals surface area contributed by atoms with Gasteiger partial charge in [0.1, 0.15) is 0 Å². The highest BCUT2D eigenvalue weighted by molar-refractivity contribution is 7.34. The molecule has 0 saturated heterocycles. The molecule has 0 amide bonds. The fraction of sp³-hybridized carbons (Fsp3) is 0.348. The van der Waals surface area contributed by atoms with E-state index < -0.39 is 0 Å². The van der Waals surface area contributed by atoms with Gasteiger partial charge in [-0.3, -0.25) is 4.67 Å². The molecule has 0 spiro atoms. The highest BCUT2D eigenvalue weighted by Crippen LogP contribution is 2.40. The van der Waals surface area contributed by atoms with E-state index in [2.05, 4.69) is 52.8 Å². The molecular formula is C23H27N2O2P. The van der Waals surface area contributed by atoms with Crippen molar-refractivity contribution in [3.8, 4) is 0 Å². The van der Waals surface area contributed by atoms with Gasteiger partial charge >= 0.3 is 5.97 Å². The van der Waals surface area contributed by atoms with Crippen LogP contribution in [0.3, 0.4) is 0 Å². The molecule has 146 valence electrons. The fourth-order valence-electron chi connectivity index (χ4n) is 4.26. The molecule has 2 atom stereocenters. The van der Waals surface area contributed by atoms with Crippen molar-refractivity contribution in [1.82, 2.24) is 9.65 Å². The molecule has 2 unspecified atom stereocenters. The number of esters is 1. The van der Waals surface area contributed by atoms with Crippen molar-refractivity contribution < 1.29 is 9.53 Å². The zero-order chi connectivity index (χ0) is 19.5. The molecule has 1 aromatic heterocycles. The van der Waals surface area contributed by atoms with Crippen molar-refractivity contribution in [3.05, 3.63) is 70.9 Å². The van der Waals surface area contributed by atoms with Gasteiger partial charge in [0.15, 0.2) is 0 Å². The van der Waals surface area contributed by atoms with Gasteiger partial charge in [-0.2, -0.15) is 0 Å². The van der Waals surface area contributed by atoms with Crippen LogP contribution in [0.1, 0.15) is 46.4 Å². The van der Waals surface area contributed by atoms with Gasteiger partial charge in [-0.25, -0.2) is 4.79 Å². The number of benzene rings is 2. The molecule has 4 nitrogen and oxygen atoms in total. The molecular weight excluding hydrogens is 367 g/mol. The number of carbonyl (C=O) groups is 1. The zero-order valence-corrected chi connectivity index (χ0v) is 17.5. The molecule has 1 aliphatic rings. The van der Waals surface area contributed by atoms with Crippen LogP contribution < -0.4 is 0 Å². The number of hydrogen-bond donors (Lipinski definition) is 1. The SMILES string of the molecule is CCOC(=O)c1ccc2c(c1)CCC2N(CCc1c[nH]c2ccccc12)PC. The van der Waals surface area contributed by atoms with Crippen molar-refractivity contribution in [2.75, 3.05) is 19.8 Å². The number of ether oxygens (including phenoxy) is 1. The van der Waals surface area contributed by atoms with Crippen LogP contribution >= 0.6 is 8.73 Å². The third kappa shape index (κ3) is 3.72. The normalized spacial score (nSPS) is 16.3. The number of nitrogens with zero attached hydrogens (tertiary/aromatic N) is 1. The largest absolute Gasteiger partial charge is 0.462 e. The third-order valence-corrected chi connectivity index (χ3v) is 6.77. The molecule has 1 aliphatic carbocycles. The van der Waals surface area contributed by atoms with Crippen LogP contribution in [0, 0.1) is 0 Å². The molecule has 5 heteroatoms. The van der Waals surface area contributed by atoms with Crippen LogP contribution in [0.5, 0.6) is 0 Å². The van der Waals surface area contributed by atoms with Crippen LogP contribution in [0.4, 0.5) is 0 Å². The molecule has 1 N–H and O–H groups in total. The molecule has 0 aliphatic heterocycles. The fourth-order valence-corrected chi connectivity index (χ4v) is 5.18. The summed E-state index contributed by atoms with van der Waals surface area (Å²) in [5, 5.41) is 1.33. The van der Waals surface area contributed by atoms with E-state index in [1.807, 2.05) is 19.1 Å². The summed E-state index contributed by atoms with van der Waals surface area (Å²) < 4.78 is 7.74. The summed E-state index contributed by atoms with van der Waals surface area (Å²) in [5.74, 6) is -0.220. The smallest absolute Gasteiger partial charge is 0.338 e. The van der Waals surface area contributed by atoms with E-state index in [1.165, 1.54) is 27.6 Å². The van der Waals surface area contributed by atoms with Gasteiger partial charge in [0.2, 0.25) is 0 Å². The Balaban J connectivity index is 1.48. The highest BCUT2D eigenvalue weighted by atomic mass is 31.1. The van der Waals surface area contributed by atoms with Crippen molar-refractivity contribution in [3.63, 3.8) is 0 Å². The minimum Gasteiger partial charge on any atom is -0.462 e. The van der Waals surface area contributed by atoms with Crippen LogP contribution in [0.2, 0.25) is 0 Å². The van der Waals surface area contributed by atoms with Gasteiger partial charge in [-0.1, -0.05) is 33.0 Å². The predicted octanol–water partition coefficient (Wildman–Crippen LogP) is 5.10. The summed E-state index contributed by atoms with van der Waals surface area (Å²) in [6.45, 7) is 5.56. The Bertz CT molecular complexity index is 982. The number of aryl methyl sites for hydroxylation is 1. The molecule has 0 bridgehead atoms. The molecule has 0 radical (unpaired) electrons. The van der Waals surface area contributed by atoms with E-state index in [4.69, 9.17) is 4.74 Å². The average Bonchev–Trinajstić information content (AvgIpc) is 3.33. The minimum atomic E-state index is -0.220. The van der Waals surface area contributed by atoms with Gasteiger partial charge in [0, 0.05) is 29.7 Å². The van der Waals surface area contributed by atoms with E-state index in [0.717, 1.165) is 34.5 Å². The van der Waals surface area contributed by atoms with Crippen LogP contribution in [-0.4, -0.2) is 35.4 Å². The van der Waals surface area contributed by atoms with Crippen molar-refractivity contribution in [2.45, 2.75) is 32.2 Å². The maximum Gasteiger partial charge on any atom is 0.338 e. The average molecular weight is 394 g/mol. The Labute approximate surface area is 168 Å². The van der Waals surface area contributed by atoms with E-state index in [0.29, 0.717) is 18.2 Å². The third-order valence-electron chi connectivity index (χ3n) is 5.66. The van der Waals surface area contributed by atoms with Gasteiger partial charge in [-0.15, -0.1) is 0 Å². The number of aromatic amines is 1. The van der Waals surface area contributed by atoms with E-state index in [-0.39, 0.29) is 5.97 Å². The molecule has 1 heterocycles. The lowest BCUT2D eigenvalue weighted by atomic mass is 10.0. The van der Waals surface area contributed by atoms with Crippen LogP contribution in [0.15, 0.2) is 48.7 Å². The maximum atomic E-state index is 12.0. The summed E-state index contributed by atoms with van der Waals surface area (Å²) in [6, 6.07) is 15.0. The lowest BCUT2D eigenvalue weighted by Gasteiger charge is -2.28. The number of rotatable bonds is 7. The second kappa shape index (κ2) is 8.46. The van der Waals surface area contributed by atoms with Crippen molar-refractivity contribution in [2.24, 2.45) is 0 Å². The Morgan fingerprint density at radius 1 is 1.29 bits per heavy atom. The quantitative estimate of drug-likeness (QED) is 0.448. The van der Waals surface area contributed by atoms with Gasteiger partial charge < -0.3 is 9.72 Å². The number of carbonyl (C=O) groups excluding carboxylic acids is 1. The molecule has 0 fully saturated rings. The number of fused-ring (bicyclic) bond motifs is 2. The monoisotopic (exact) mass is 394 g/mol. The predicted molar refractivity (Wildman–Crippen MR) is 116 cm³/mol. The van der Waals surface area contributed by atoms with Crippen molar-refractivity contribution in [1.29, 1.82) is 0 Å². The molecule has 2 aromatic carbocycles. The van der Waals surface area contributed by atoms with Crippen LogP contribution in [0.25, 0.3) is 10.9 Å². The Morgan fingerprint density at radius 2 is 2.14 bits per heavy atom. The summed E-state index contributed by atoms with van der Waals surface area (Å²) in [6.07, 6.45) is 5.34. The number of para-hydroxylation sites is 1. The Kier molecular flexibility index (Phi) is 5.79. The molecule has 28 heavy (non-hydrogen) atoms. The highest BCUT2D eigenvalue weighted by Gasteiger charge is 2.28. The minimum absolute atomic E-state index is 0.220. The molecule has 0 saturated carbocycles. The summed E-state index contributed by atoms with van der Waals surface area (Å²) >= 11 is 0. The van der Waals surface area contributed by atoms with Crippen LogP contribution in [-0.2, 0) is 17.6 Å². The number of nitrogens with one attached hydrogen (secondary N) is 1. The topological polar surface area (TPSA) is 45.3 Å². The summed E-state index contributed by atoms with van der Waals surface area (Å²) in [4.78, 5) is 15.4. The lowest BCUT2D eigenvalue weighted by molar-refractivity contribution is 0.0526.